The van der Waals surface area contributed by atoms with Crippen molar-refractivity contribution >= 4 is 33.3 Å². The lowest BCUT2D eigenvalue weighted by Crippen LogP contribution is -2.30. The van der Waals surface area contributed by atoms with Crippen molar-refractivity contribution in [2.75, 3.05) is 36.5 Å². The zero-order valence-corrected chi connectivity index (χ0v) is 19.1. The van der Waals surface area contributed by atoms with Gasteiger partial charge in [0, 0.05) is 37.9 Å². The molecular weight excluding hydrogens is 418 g/mol. The van der Waals surface area contributed by atoms with Crippen LogP contribution >= 0.6 is 0 Å². The molecule has 168 valence electrons. The number of benzene rings is 2. The fraction of sp³-hybridized carbons (Fsp3) is 0.381. The molecule has 0 bridgehead atoms. The first kappa shape index (κ1) is 24.3. The van der Waals surface area contributed by atoms with Gasteiger partial charge in [-0.2, -0.15) is 9.41 Å². The van der Waals surface area contributed by atoms with Crippen molar-refractivity contribution in [3.63, 3.8) is 0 Å². The summed E-state index contributed by atoms with van der Waals surface area (Å²) in [5.74, 6) is 0. The van der Waals surface area contributed by atoms with Gasteiger partial charge in [0.15, 0.2) is 0 Å². The maximum absolute atomic E-state index is 12.6. The van der Waals surface area contributed by atoms with Gasteiger partial charge in [-0.15, -0.1) is 0 Å². The lowest BCUT2D eigenvalue weighted by molar-refractivity contribution is -0.384. The van der Waals surface area contributed by atoms with Crippen LogP contribution in [0.4, 0.5) is 17.1 Å². The molecule has 0 atom stereocenters. The molecule has 0 aliphatic carbocycles. The molecule has 0 heterocycles. The van der Waals surface area contributed by atoms with Crippen molar-refractivity contribution in [1.82, 2.24) is 4.31 Å². The Kier molecular flexibility index (Phi) is 8.52. The van der Waals surface area contributed by atoms with Gasteiger partial charge in [0.2, 0.25) is 10.0 Å². The van der Waals surface area contributed by atoms with E-state index in [1.165, 1.54) is 16.4 Å². The number of nitrogens with one attached hydrogen (secondary N) is 1. The number of anilines is 2. The van der Waals surface area contributed by atoms with E-state index in [2.05, 4.69) is 29.3 Å². The highest BCUT2D eigenvalue weighted by atomic mass is 32.2. The van der Waals surface area contributed by atoms with Crippen molar-refractivity contribution in [2.24, 2.45) is 5.10 Å². The molecule has 0 fully saturated rings. The number of hydrazone groups is 1. The number of hydrogen-bond donors (Lipinski definition) is 1. The number of sulfonamides is 1. The summed E-state index contributed by atoms with van der Waals surface area (Å²) in [5.41, 5.74) is 4.33. The SMILES string of the molecule is CCN(CC)c1ccc(C=NNc2ccc(S(=O)(=O)N(CC)CC)cc2[N+](=O)[O-])cc1. The van der Waals surface area contributed by atoms with E-state index in [0.29, 0.717) is 0 Å². The molecule has 9 nitrogen and oxygen atoms in total. The van der Waals surface area contributed by atoms with Gasteiger partial charge < -0.3 is 4.90 Å². The first-order valence-electron chi connectivity index (χ1n) is 10.2. The average molecular weight is 448 g/mol. The standard InChI is InChI=1S/C21H29N5O4S/c1-5-24(6-2)18-11-9-17(10-12-18)16-22-23-20-14-13-19(15-21(20)26(27)28)31(29,30)25(7-3)8-4/h9-16,23H,5-8H2,1-4H3. The molecular formula is C21H29N5O4S. The summed E-state index contributed by atoms with van der Waals surface area (Å²) in [7, 11) is -3.79. The molecule has 2 aromatic carbocycles. The summed E-state index contributed by atoms with van der Waals surface area (Å²) >= 11 is 0. The van der Waals surface area contributed by atoms with Crippen molar-refractivity contribution in [1.29, 1.82) is 0 Å². The van der Waals surface area contributed by atoms with Crippen molar-refractivity contribution in [3.05, 3.63) is 58.1 Å². The third-order valence-corrected chi connectivity index (χ3v) is 6.98. The predicted molar refractivity (Wildman–Crippen MR) is 124 cm³/mol. The van der Waals surface area contributed by atoms with Crippen LogP contribution in [-0.2, 0) is 10.0 Å². The Hall–Kier alpha value is -2.98. The third-order valence-electron chi connectivity index (χ3n) is 4.93. The fourth-order valence-corrected chi connectivity index (χ4v) is 4.64. The molecule has 0 saturated heterocycles. The molecule has 0 saturated carbocycles. The topological polar surface area (TPSA) is 108 Å². The molecule has 0 aromatic heterocycles. The molecule has 2 aromatic rings. The first-order chi connectivity index (χ1) is 14.8. The second kappa shape index (κ2) is 10.9. The third kappa shape index (κ3) is 5.80. The van der Waals surface area contributed by atoms with E-state index in [1.54, 1.807) is 20.1 Å². The fourth-order valence-electron chi connectivity index (χ4n) is 3.17. The number of hydrogen-bond acceptors (Lipinski definition) is 7. The zero-order chi connectivity index (χ0) is 23.0. The minimum atomic E-state index is -3.79. The van der Waals surface area contributed by atoms with Crippen LogP contribution in [0.2, 0.25) is 0 Å². The van der Waals surface area contributed by atoms with Gasteiger partial charge in [-0.1, -0.05) is 26.0 Å². The van der Waals surface area contributed by atoms with Gasteiger partial charge in [-0.25, -0.2) is 8.42 Å². The van der Waals surface area contributed by atoms with Gasteiger partial charge in [0.1, 0.15) is 5.69 Å². The van der Waals surface area contributed by atoms with Crippen LogP contribution < -0.4 is 10.3 Å². The highest BCUT2D eigenvalue weighted by Gasteiger charge is 2.25. The zero-order valence-electron chi connectivity index (χ0n) is 18.3. The number of nitro benzene ring substituents is 1. The van der Waals surface area contributed by atoms with Crippen molar-refractivity contribution in [3.8, 4) is 0 Å². The van der Waals surface area contributed by atoms with Crippen LogP contribution in [0.1, 0.15) is 33.3 Å². The second-order valence-electron chi connectivity index (χ2n) is 6.66. The van der Waals surface area contributed by atoms with Crippen LogP contribution in [-0.4, -0.2) is 50.0 Å². The van der Waals surface area contributed by atoms with Crippen LogP contribution in [0.25, 0.3) is 0 Å². The summed E-state index contributed by atoms with van der Waals surface area (Å²) in [4.78, 5) is 13.0. The maximum Gasteiger partial charge on any atom is 0.295 e. The van der Waals surface area contributed by atoms with Gasteiger partial charge in [0.25, 0.3) is 5.69 Å². The Bertz CT molecular complexity index is 1010. The summed E-state index contributed by atoms with van der Waals surface area (Å²) in [5, 5.41) is 15.6. The number of nitro groups is 1. The minimum absolute atomic E-state index is 0.111. The molecule has 2 rings (SSSR count). The largest absolute Gasteiger partial charge is 0.372 e. The normalized spacial score (nSPS) is 11.8. The summed E-state index contributed by atoms with van der Waals surface area (Å²) in [6, 6.07) is 11.6. The van der Waals surface area contributed by atoms with Gasteiger partial charge in [-0.05, 0) is 43.7 Å². The molecule has 0 amide bonds. The molecule has 0 unspecified atom stereocenters. The van der Waals surface area contributed by atoms with Crippen molar-refractivity contribution < 1.29 is 13.3 Å². The Morgan fingerprint density at radius 3 is 2.13 bits per heavy atom. The molecule has 31 heavy (non-hydrogen) atoms. The smallest absolute Gasteiger partial charge is 0.295 e. The van der Waals surface area contributed by atoms with E-state index in [-0.39, 0.29) is 29.4 Å². The van der Waals surface area contributed by atoms with Gasteiger partial charge in [0.05, 0.1) is 16.0 Å². The molecule has 0 aliphatic heterocycles. The lowest BCUT2D eigenvalue weighted by atomic mass is 10.2. The molecule has 1 N–H and O–H groups in total. The van der Waals surface area contributed by atoms with E-state index >= 15 is 0 Å². The average Bonchev–Trinajstić information content (AvgIpc) is 2.76. The Morgan fingerprint density at radius 1 is 1.00 bits per heavy atom. The van der Waals surface area contributed by atoms with Gasteiger partial charge >= 0.3 is 0 Å². The quantitative estimate of drug-likeness (QED) is 0.318. The predicted octanol–water partition coefficient (Wildman–Crippen LogP) is 3.92. The Morgan fingerprint density at radius 2 is 1.61 bits per heavy atom. The highest BCUT2D eigenvalue weighted by Crippen LogP contribution is 2.29. The summed E-state index contributed by atoms with van der Waals surface area (Å²) in [6.07, 6.45) is 1.55. The monoisotopic (exact) mass is 447 g/mol. The van der Waals surface area contributed by atoms with E-state index in [9.17, 15) is 18.5 Å². The van der Waals surface area contributed by atoms with E-state index in [0.717, 1.165) is 30.4 Å². The van der Waals surface area contributed by atoms with E-state index in [1.807, 2.05) is 24.3 Å². The summed E-state index contributed by atoms with van der Waals surface area (Å²) in [6.45, 7) is 10.0. The Balaban J connectivity index is 2.23. The summed E-state index contributed by atoms with van der Waals surface area (Å²) < 4.78 is 26.5. The first-order valence-corrected chi connectivity index (χ1v) is 11.6. The van der Waals surface area contributed by atoms with Crippen LogP contribution in [0.15, 0.2) is 52.5 Å². The van der Waals surface area contributed by atoms with Crippen LogP contribution in [0.5, 0.6) is 0 Å². The lowest BCUT2D eigenvalue weighted by Gasteiger charge is -2.20. The van der Waals surface area contributed by atoms with E-state index < -0.39 is 14.9 Å². The molecule has 0 spiro atoms. The number of rotatable bonds is 11. The molecule has 0 aliphatic rings. The molecule has 0 radical (unpaired) electrons. The minimum Gasteiger partial charge on any atom is -0.372 e. The maximum atomic E-state index is 12.6. The Labute approximate surface area is 183 Å². The molecule has 10 heteroatoms. The highest BCUT2D eigenvalue weighted by molar-refractivity contribution is 7.89. The van der Waals surface area contributed by atoms with Crippen molar-refractivity contribution in [2.45, 2.75) is 32.6 Å². The van der Waals surface area contributed by atoms with Gasteiger partial charge in [-0.3, -0.25) is 15.5 Å². The second-order valence-corrected chi connectivity index (χ2v) is 8.60. The van der Waals surface area contributed by atoms with Crippen LogP contribution in [0.3, 0.4) is 0 Å². The number of nitrogens with zero attached hydrogens (tertiary/aromatic N) is 4. The van der Waals surface area contributed by atoms with E-state index in [4.69, 9.17) is 0 Å². The van der Waals surface area contributed by atoms with Crippen LogP contribution in [0, 0.1) is 10.1 Å².